The highest BCUT2D eigenvalue weighted by Crippen LogP contribution is 2.31. The summed E-state index contributed by atoms with van der Waals surface area (Å²) in [6.45, 7) is 5.74. The summed E-state index contributed by atoms with van der Waals surface area (Å²) in [6.07, 6.45) is 4.54. The number of halogens is 1. The molecule has 0 aliphatic carbocycles. The summed E-state index contributed by atoms with van der Waals surface area (Å²) in [4.78, 5) is 14.3. The number of hydrogen-bond acceptors (Lipinski definition) is 3. The van der Waals surface area contributed by atoms with E-state index in [-0.39, 0.29) is 30.1 Å². The fraction of sp³-hybridized carbons (Fsp3) is 0.526. The van der Waals surface area contributed by atoms with Gasteiger partial charge >= 0.3 is 6.03 Å². The topological polar surface area (TPSA) is 50.8 Å². The van der Waals surface area contributed by atoms with E-state index in [4.69, 9.17) is 9.47 Å². The van der Waals surface area contributed by atoms with E-state index < -0.39 is 0 Å². The average Bonchev–Trinajstić information content (AvgIpc) is 3.03. The van der Waals surface area contributed by atoms with Crippen LogP contribution in [0.15, 0.2) is 36.9 Å². The van der Waals surface area contributed by atoms with E-state index in [1.807, 2.05) is 4.90 Å². The van der Waals surface area contributed by atoms with Crippen LogP contribution < -0.4 is 5.32 Å². The number of benzene rings is 1. The number of rotatable bonds is 6. The molecule has 3 rings (SSSR count). The molecular formula is C19H25FN2O3. The van der Waals surface area contributed by atoms with Crippen LogP contribution in [0.2, 0.25) is 0 Å². The lowest BCUT2D eigenvalue weighted by Gasteiger charge is -2.35. The zero-order chi connectivity index (χ0) is 17.6. The van der Waals surface area contributed by atoms with Gasteiger partial charge in [0.05, 0.1) is 31.5 Å². The number of urea groups is 1. The second kappa shape index (κ2) is 8.45. The van der Waals surface area contributed by atoms with Crippen LogP contribution in [0.5, 0.6) is 0 Å². The highest BCUT2D eigenvalue weighted by molar-refractivity contribution is 5.75. The number of nitrogens with one attached hydrogen (secondary N) is 1. The molecular weight excluding hydrogens is 323 g/mol. The van der Waals surface area contributed by atoms with Crippen molar-refractivity contribution in [3.05, 3.63) is 48.3 Å². The van der Waals surface area contributed by atoms with Gasteiger partial charge in [0, 0.05) is 13.1 Å². The van der Waals surface area contributed by atoms with Crippen LogP contribution in [-0.2, 0) is 16.0 Å². The maximum Gasteiger partial charge on any atom is 0.318 e. The van der Waals surface area contributed by atoms with E-state index in [0.29, 0.717) is 26.3 Å². The Hall–Kier alpha value is -1.92. The minimum Gasteiger partial charge on any atom is -0.375 e. The molecule has 5 nitrogen and oxygen atoms in total. The van der Waals surface area contributed by atoms with Gasteiger partial charge in [-0.3, -0.25) is 0 Å². The Kier molecular flexibility index (Phi) is 6.04. The zero-order valence-corrected chi connectivity index (χ0v) is 14.3. The molecule has 3 atom stereocenters. The molecule has 0 spiro atoms. The lowest BCUT2D eigenvalue weighted by Crippen LogP contribution is -2.48. The van der Waals surface area contributed by atoms with Crippen LogP contribution in [-0.4, -0.2) is 48.9 Å². The van der Waals surface area contributed by atoms with Gasteiger partial charge < -0.3 is 19.7 Å². The van der Waals surface area contributed by atoms with Crippen LogP contribution in [0.4, 0.5) is 9.18 Å². The van der Waals surface area contributed by atoms with Crippen molar-refractivity contribution in [2.45, 2.75) is 44.1 Å². The van der Waals surface area contributed by atoms with Crippen molar-refractivity contribution >= 4 is 6.03 Å². The smallest absolute Gasteiger partial charge is 0.318 e. The fourth-order valence-corrected chi connectivity index (χ4v) is 3.58. The van der Waals surface area contributed by atoms with Crippen LogP contribution >= 0.6 is 0 Å². The number of likely N-dealkylation sites (tertiary alicyclic amines) is 1. The molecule has 1 N–H and O–H groups in total. The minimum absolute atomic E-state index is 0.0750. The second-order valence-electron chi connectivity index (χ2n) is 6.54. The SMILES string of the molecule is C=CCOC[C@@H]1CC[C@H]2[C@H](CCN2C(=O)NCc2cccc(F)c2)O1. The highest BCUT2D eigenvalue weighted by Gasteiger charge is 2.41. The first-order valence-electron chi connectivity index (χ1n) is 8.80. The summed E-state index contributed by atoms with van der Waals surface area (Å²) in [5.74, 6) is -0.293. The largest absolute Gasteiger partial charge is 0.375 e. The summed E-state index contributed by atoms with van der Waals surface area (Å²) >= 11 is 0. The van der Waals surface area contributed by atoms with Crippen molar-refractivity contribution in [3.63, 3.8) is 0 Å². The van der Waals surface area contributed by atoms with Gasteiger partial charge in [0.2, 0.25) is 0 Å². The fourth-order valence-electron chi connectivity index (χ4n) is 3.58. The Morgan fingerprint density at radius 2 is 2.32 bits per heavy atom. The summed E-state index contributed by atoms with van der Waals surface area (Å²) in [5.41, 5.74) is 0.753. The predicted molar refractivity (Wildman–Crippen MR) is 92.7 cm³/mol. The first kappa shape index (κ1) is 17.9. The number of nitrogens with zero attached hydrogens (tertiary/aromatic N) is 1. The molecule has 0 unspecified atom stereocenters. The third-order valence-electron chi connectivity index (χ3n) is 4.77. The number of fused-ring (bicyclic) bond motifs is 1. The van der Waals surface area contributed by atoms with Gasteiger partial charge in [0.1, 0.15) is 5.82 Å². The molecule has 0 radical (unpaired) electrons. The maximum absolute atomic E-state index is 13.2. The van der Waals surface area contributed by atoms with Crippen molar-refractivity contribution < 1.29 is 18.7 Å². The van der Waals surface area contributed by atoms with E-state index in [1.165, 1.54) is 12.1 Å². The second-order valence-corrected chi connectivity index (χ2v) is 6.54. The molecule has 25 heavy (non-hydrogen) atoms. The molecule has 0 saturated carbocycles. The molecule has 6 heteroatoms. The molecule has 2 aliphatic heterocycles. The summed E-state index contributed by atoms with van der Waals surface area (Å²) in [7, 11) is 0. The number of hydrogen-bond donors (Lipinski definition) is 1. The monoisotopic (exact) mass is 348 g/mol. The molecule has 136 valence electrons. The summed E-state index contributed by atoms with van der Waals surface area (Å²) in [5, 5.41) is 2.88. The molecule has 0 bridgehead atoms. The normalized spacial score (nSPS) is 25.5. The van der Waals surface area contributed by atoms with E-state index in [0.717, 1.165) is 24.8 Å². The maximum atomic E-state index is 13.2. The van der Waals surface area contributed by atoms with E-state index in [2.05, 4.69) is 11.9 Å². The van der Waals surface area contributed by atoms with Gasteiger partial charge in [0.25, 0.3) is 0 Å². The zero-order valence-electron chi connectivity index (χ0n) is 14.3. The molecule has 2 heterocycles. The molecule has 2 saturated heterocycles. The van der Waals surface area contributed by atoms with Crippen molar-refractivity contribution in [2.75, 3.05) is 19.8 Å². The van der Waals surface area contributed by atoms with Crippen LogP contribution in [0, 0.1) is 5.82 Å². The predicted octanol–water partition coefficient (Wildman–Crippen LogP) is 2.86. The third-order valence-corrected chi connectivity index (χ3v) is 4.77. The lowest BCUT2D eigenvalue weighted by molar-refractivity contribution is -0.0930. The Morgan fingerprint density at radius 3 is 3.12 bits per heavy atom. The number of carbonyl (C=O) groups excluding carboxylic acids is 1. The number of carbonyl (C=O) groups is 1. The molecule has 2 fully saturated rings. The van der Waals surface area contributed by atoms with Gasteiger partial charge in [-0.25, -0.2) is 9.18 Å². The van der Waals surface area contributed by atoms with Gasteiger partial charge in [0.15, 0.2) is 0 Å². The van der Waals surface area contributed by atoms with Gasteiger partial charge in [-0.15, -0.1) is 6.58 Å². The van der Waals surface area contributed by atoms with E-state index >= 15 is 0 Å². The van der Waals surface area contributed by atoms with Crippen LogP contribution in [0.3, 0.4) is 0 Å². The van der Waals surface area contributed by atoms with Crippen molar-refractivity contribution in [2.24, 2.45) is 0 Å². The Balaban J connectivity index is 1.48. The van der Waals surface area contributed by atoms with Crippen molar-refractivity contribution in [1.29, 1.82) is 0 Å². The molecule has 1 aromatic carbocycles. The van der Waals surface area contributed by atoms with E-state index in [1.54, 1.807) is 18.2 Å². The van der Waals surface area contributed by atoms with E-state index in [9.17, 15) is 9.18 Å². The molecule has 2 aliphatic rings. The first-order valence-corrected chi connectivity index (χ1v) is 8.80. The van der Waals surface area contributed by atoms with Crippen LogP contribution in [0.1, 0.15) is 24.8 Å². The number of amides is 2. The quantitative estimate of drug-likeness (QED) is 0.635. The molecule has 2 amide bonds. The van der Waals surface area contributed by atoms with Gasteiger partial charge in [-0.05, 0) is 37.0 Å². The van der Waals surface area contributed by atoms with Crippen LogP contribution in [0.25, 0.3) is 0 Å². The lowest BCUT2D eigenvalue weighted by atomic mass is 9.99. The highest BCUT2D eigenvalue weighted by atomic mass is 19.1. The Bertz CT molecular complexity index is 610. The Labute approximate surface area is 147 Å². The molecule has 1 aromatic rings. The first-order chi connectivity index (χ1) is 12.2. The summed E-state index contributed by atoms with van der Waals surface area (Å²) in [6, 6.07) is 6.28. The number of ether oxygens (including phenoxy) is 2. The van der Waals surface area contributed by atoms with Gasteiger partial charge in [-0.2, -0.15) is 0 Å². The summed E-state index contributed by atoms with van der Waals surface area (Å²) < 4.78 is 24.8. The van der Waals surface area contributed by atoms with Gasteiger partial charge in [-0.1, -0.05) is 18.2 Å². The standard InChI is InChI=1S/C19H25FN2O3/c1-2-10-24-13-16-6-7-17-18(25-16)8-9-22(17)19(23)21-12-14-4-3-5-15(20)11-14/h2-5,11,16-18H,1,6-10,12-13H2,(H,21,23)/t16-,17-,18-/m0/s1. The average molecular weight is 348 g/mol. The van der Waals surface area contributed by atoms with Crippen molar-refractivity contribution in [3.8, 4) is 0 Å². The third kappa shape index (κ3) is 4.58. The molecule has 0 aromatic heterocycles. The van der Waals surface area contributed by atoms with Crippen molar-refractivity contribution in [1.82, 2.24) is 10.2 Å². The Morgan fingerprint density at radius 1 is 1.44 bits per heavy atom. The minimum atomic E-state index is -0.293.